The van der Waals surface area contributed by atoms with E-state index in [0.717, 1.165) is 19.5 Å². The Balaban J connectivity index is 2.05. The van der Waals surface area contributed by atoms with Crippen LogP contribution >= 0.6 is 0 Å². The summed E-state index contributed by atoms with van der Waals surface area (Å²) in [5.41, 5.74) is 0.621. The van der Waals surface area contributed by atoms with E-state index in [1.54, 1.807) is 0 Å². The third-order valence-electron chi connectivity index (χ3n) is 3.98. The normalized spacial score (nSPS) is 40.6. The maximum absolute atomic E-state index is 6.34. The van der Waals surface area contributed by atoms with Crippen molar-refractivity contribution in [2.45, 2.75) is 64.6 Å². The minimum Gasteiger partial charge on any atom is -0.369 e. The van der Waals surface area contributed by atoms with Gasteiger partial charge in [0.05, 0.1) is 11.7 Å². The zero-order valence-electron chi connectivity index (χ0n) is 10.4. The summed E-state index contributed by atoms with van der Waals surface area (Å²) in [4.78, 5) is 0. The van der Waals surface area contributed by atoms with Crippen LogP contribution in [0.4, 0.5) is 0 Å². The average Bonchev–Trinajstić information content (AvgIpc) is 2.15. The summed E-state index contributed by atoms with van der Waals surface area (Å²) < 4.78 is 6.34. The van der Waals surface area contributed by atoms with E-state index in [4.69, 9.17) is 4.74 Å². The Labute approximate surface area is 93.8 Å². The van der Waals surface area contributed by atoms with Gasteiger partial charge in [-0.15, -0.1) is 0 Å². The molecule has 1 aliphatic heterocycles. The zero-order valence-corrected chi connectivity index (χ0v) is 10.4. The van der Waals surface area contributed by atoms with Crippen molar-refractivity contribution in [3.8, 4) is 0 Å². The lowest BCUT2D eigenvalue weighted by Gasteiger charge is -2.49. The highest BCUT2D eigenvalue weighted by Crippen LogP contribution is 2.44. The zero-order chi connectivity index (χ0) is 10.9. The first-order chi connectivity index (χ1) is 7.05. The quantitative estimate of drug-likeness (QED) is 0.720. The van der Waals surface area contributed by atoms with E-state index in [9.17, 15) is 0 Å². The van der Waals surface area contributed by atoms with Gasteiger partial charge in [0.25, 0.3) is 0 Å². The number of rotatable bonds is 1. The molecule has 2 heteroatoms. The van der Waals surface area contributed by atoms with Crippen LogP contribution in [0.3, 0.4) is 0 Å². The van der Waals surface area contributed by atoms with Gasteiger partial charge in [-0.3, -0.25) is 0 Å². The standard InChI is InChI=1S/C13H25NO/c1-4-11-8-14-10-13(15-11)7-5-6-12(2,3)9-13/h11,14H,4-10H2,1-3H3. The van der Waals surface area contributed by atoms with E-state index < -0.39 is 0 Å². The van der Waals surface area contributed by atoms with Crippen LogP contribution in [0.1, 0.15) is 52.9 Å². The first kappa shape index (κ1) is 11.4. The van der Waals surface area contributed by atoms with Crippen LogP contribution in [0.2, 0.25) is 0 Å². The highest BCUT2D eigenvalue weighted by Gasteiger charge is 2.43. The average molecular weight is 211 g/mol. The molecule has 0 radical (unpaired) electrons. The summed E-state index contributed by atoms with van der Waals surface area (Å²) in [6.45, 7) is 9.09. The van der Waals surface area contributed by atoms with Gasteiger partial charge in [-0.25, -0.2) is 0 Å². The Morgan fingerprint density at radius 1 is 1.33 bits per heavy atom. The fraction of sp³-hybridized carbons (Fsp3) is 1.00. The molecule has 2 unspecified atom stereocenters. The lowest BCUT2D eigenvalue weighted by atomic mass is 9.69. The summed E-state index contributed by atoms with van der Waals surface area (Å²) in [6, 6.07) is 0. The molecule has 2 nitrogen and oxygen atoms in total. The van der Waals surface area contributed by atoms with Crippen molar-refractivity contribution < 1.29 is 4.74 Å². The molecule has 1 saturated heterocycles. The Kier molecular flexibility index (Phi) is 3.09. The molecular formula is C13H25NO. The highest BCUT2D eigenvalue weighted by atomic mass is 16.5. The molecule has 1 heterocycles. The minimum absolute atomic E-state index is 0.153. The van der Waals surface area contributed by atoms with Crippen molar-refractivity contribution in [3.05, 3.63) is 0 Å². The smallest absolute Gasteiger partial charge is 0.0815 e. The fourth-order valence-corrected chi connectivity index (χ4v) is 3.32. The lowest BCUT2D eigenvalue weighted by Crippen LogP contribution is -2.56. The van der Waals surface area contributed by atoms with Gasteiger partial charge in [-0.1, -0.05) is 20.8 Å². The van der Waals surface area contributed by atoms with E-state index in [-0.39, 0.29) is 5.60 Å². The van der Waals surface area contributed by atoms with Crippen molar-refractivity contribution >= 4 is 0 Å². The first-order valence-corrected chi connectivity index (χ1v) is 6.44. The molecule has 2 aliphatic rings. The summed E-state index contributed by atoms with van der Waals surface area (Å²) in [5, 5.41) is 3.56. The van der Waals surface area contributed by atoms with Crippen molar-refractivity contribution in [3.63, 3.8) is 0 Å². The third-order valence-corrected chi connectivity index (χ3v) is 3.98. The van der Waals surface area contributed by atoms with Crippen molar-refractivity contribution in [2.75, 3.05) is 13.1 Å². The predicted octanol–water partition coefficient (Wildman–Crippen LogP) is 2.72. The molecule has 88 valence electrons. The predicted molar refractivity (Wildman–Crippen MR) is 63.0 cm³/mol. The van der Waals surface area contributed by atoms with Crippen LogP contribution in [-0.4, -0.2) is 24.8 Å². The second-order valence-corrected chi connectivity index (χ2v) is 6.16. The first-order valence-electron chi connectivity index (χ1n) is 6.44. The molecule has 2 rings (SSSR count). The van der Waals surface area contributed by atoms with E-state index in [1.807, 2.05) is 0 Å². The largest absolute Gasteiger partial charge is 0.369 e. The highest BCUT2D eigenvalue weighted by molar-refractivity contribution is 4.96. The van der Waals surface area contributed by atoms with Crippen molar-refractivity contribution in [2.24, 2.45) is 5.41 Å². The second-order valence-electron chi connectivity index (χ2n) is 6.16. The number of morpholine rings is 1. The van der Waals surface area contributed by atoms with Gasteiger partial charge in [0.2, 0.25) is 0 Å². The van der Waals surface area contributed by atoms with Gasteiger partial charge in [0.15, 0.2) is 0 Å². The molecule has 1 saturated carbocycles. The fourth-order valence-electron chi connectivity index (χ4n) is 3.32. The Morgan fingerprint density at radius 3 is 2.80 bits per heavy atom. The summed E-state index contributed by atoms with van der Waals surface area (Å²) in [7, 11) is 0. The summed E-state index contributed by atoms with van der Waals surface area (Å²) >= 11 is 0. The van der Waals surface area contributed by atoms with E-state index >= 15 is 0 Å². The van der Waals surface area contributed by atoms with Crippen LogP contribution in [0.15, 0.2) is 0 Å². The summed E-state index contributed by atoms with van der Waals surface area (Å²) in [6.07, 6.45) is 6.73. The third kappa shape index (κ3) is 2.54. The number of hydrogen-bond acceptors (Lipinski definition) is 2. The van der Waals surface area contributed by atoms with Crippen LogP contribution in [-0.2, 0) is 4.74 Å². The van der Waals surface area contributed by atoms with Gasteiger partial charge in [0.1, 0.15) is 0 Å². The van der Waals surface area contributed by atoms with Crippen LogP contribution in [0.25, 0.3) is 0 Å². The molecule has 2 fully saturated rings. The van der Waals surface area contributed by atoms with E-state index in [2.05, 4.69) is 26.1 Å². The molecule has 1 spiro atoms. The molecule has 0 aromatic carbocycles. The topological polar surface area (TPSA) is 21.3 Å². The number of ether oxygens (including phenoxy) is 1. The van der Waals surface area contributed by atoms with E-state index in [0.29, 0.717) is 11.5 Å². The van der Waals surface area contributed by atoms with Gasteiger partial charge in [-0.2, -0.15) is 0 Å². The molecule has 0 aromatic rings. The van der Waals surface area contributed by atoms with E-state index in [1.165, 1.54) is 25.7 Å². The molecule has 0 amide bonds. The number of hydrogen-bond donors (Lipinski definition) is 1. The Morgan fingerprint density at radius 2 is 2.13 bits per heavy atom. The summed E-state index contributed by atoms with van der Waals surface area (Å²) in [5.74, 6) is 0. The maximum atomic E-state index is 6.34. The molecule has 0 aromatic heterocycles. The van der Waals surface area contributed by atoms with Gasteiger partial charge in [-0.05, 0) is 37.5 Å². The monoisotopic (exact) mass is 211 g/mol. The Hall–Kier alpha value is -0.0800. The van der Waals surface area contributed by atoms with Crippen LogP contribution < -0.4 is 5.32 Å². The lowest BCUT2D eigenvalue weighted by molar-refractivity contribution is -0.152. The molecule has 1 aliphatic carbocycles. The molecule has 1 N–H and O–H groups in total. The molecule has 15 heavy (non-hydrogen) atoms. The SMILES string of the molecule is CCC1CNCC2(CCCC(C)(C)C2)O1. The second kappa shape index (κ2) is 4.06. The Bertz CT molecular complexity index is 223. The maximum Gasteiger partial charge on any atom is 0.0815 e. The van der Waals surface area contributed by atoms with Crippen LogP contribution in [0.5, 0.6) is 0 Å². The minimum atomic E-state index is 0.153. The molecular weight excluding hydrogens is 186 g/mol. The number of nitrogens with one attached hydrogen (secondary N) is 1. The van der Waals surface area contributed by atoms with Gasteiger partial charge >= 0.3 is 0 Å². The van der Waals surface area contributed by atoms with Crippen molar-refractivity contribution in [1.29, 1.82) is 0 Å². The molecule has 0 bridgehead atoms. The van der Waals surface area contributed by atoms with Crippen LogP contribution in [0, 0.1) is 5.41 Å². The van der Waals surface area contributed by atoms with Crippen molar-refractivity contribution in [1.82, 2.24) is 5.32 Å². The molecule has 2 atom stereocenters. The van der Waals surface area contributed by atoms with Gasteiger partial charge < -0.3 is 10.1 Å². The van der Waals surface area contributed by atoms with Gasteiger partial charge in [0, 0.05) is 13.1 Å².